The first kappa shape index (κ1) is 18.0. The quantitative estimate of drug-likeness (QED) is 0.842. The van der Waals surface area contributed by atoms with Crippen LogP contribution >= 0.6 is 11.6 Å². The highest BCUT2D eigenvalue weighted by Crippen LogP contribution is 2.27. The predicted octanol–water partition coefficient (Wildman–Crippen LogP) is 1.16. The molecule has 0 aromatic carbocycles. The van der Waals surface area contributed by atoms with Crippen LogP contribution in [0.15, 0.2) is 11.0 Å². The largest absolute Gasteiger partial charge is 0.444 e. The SMILES string of the molecule is CC(C)(C)OC(=O)N1CCN(C2CN(c3cn[nH]c(=O)c3Cl)C2)CC1. The third-order valence-electron chi connectivity index (χ3n) is 4.46. The Labute approximate surface area is 151 Å². The number of nitrogens with one attached hydrogen (secondary N) is 1. The lowest BCUT2D eigenvalue weighted by Gasteiger charge is -2.49. The van der Waals surface area contributed by atoms with Crippen molar-refractivity contribution in [2.45, 2.75) is 32.4 Å². The van der Waals surface area contributed by atoms with Crippen molar-refractivity contribution in [3.8, 4) is 0 Å². The van der Waals surface area contributed by atoms with Crippen molar-refractivity contribution < 1.29 is 9.53 Å². The van der Waals surface area contributed by atoms with Crippen LogP contribution in [0.2, 0.25) is 5.02 Å². The molecule has 0 aliphatic carbocycles. The van der Waals surface area contributed by atoms with E-state index >= 15 is 0 Å². The Hall–Kier alpha value is -1.80. The van der Waals surface area contributed by atoms with E-state index in [2.05, 4.69) is 20.0 Å². The molecule has 0 saturated carbocycles. The van der Waals surface area contributed by atoms with Crippen molar-refractivity contribution in [2.24, 2.45) is 0 Å². The molecule has 9 heteroatoms. The lowest BCUT2D eigenvalue weighted by Crippen LogP contribution is -2.63. The van der Waals surface area contributed by atoms with Gasteiger partial charge in [0.05, 0.1) is 11.9 Å². The minimum absolute atomic E-state index is 0.184. The third kappa shape index (κ3) is 4.07. The van der Waals surface area contributed by atoms with Crippen molar-refractivity contribution in [3.05, 3.63) is 21.6 Å². The van der Waals surface area contributed by atoms with Gasteiger partial charge in [-0.2, -0.15) is 5.10 Å². The van der Waals surface area contributed by atoms with Crippen molar-refractivity contribution in [1.82, 2.24) is 20.0 Å². The number of halogens is 1. The number of hydrogen-bond donors (Lipinski definition) is 1. The van der Waals surface area contributed by atoms with Crippen molar-refractivity contribution in [3.63, 3.8) is 0 Å². The fourth-order valence-electron chi connectivity index (χ4n) is 3.07. The van der Waals surface area contributed by atoms with Crippen LogP contribution in [0.3, 0.4) is 0 Å². The molecule has 1 aromatic rings. The van der Waals surface area contributed by atoms with Crippen LogP contribution in [0, 0.1) is 0 Å². The van der Waals surface area contributed by atoms with Crippen LogP contribution in [-0.4, -0.2) is 77.0 Å². The molecular formula is C16H24ClN5O3. The van der Waals surface area contributed by atoms with Crippen molar-refractivity contribution >= 4 is 23.4 Å². The zero-order chi connectivity index (χ0) is 18.2. The zero-order valence-corrected chi connectivity index (χ0v) is 15.5. The number of carbonyl (C=O) groups is 1. The molecule has 1 aromatic heterocycles. The normalized spacial score (nSPS) is 19.7. The predicted molar refractivity (Wildman–Crippen MR) is 95.2 cm³/mol. The fourth-order valence-corrected chi connectivity index (χ4v) is 3.28. The summed E-state index contributed by atoms with van der Waals surface area (Å²) >= 11 is 6.04. The van der Waals surface area contributed by atoms with Gasteiger partial charge in [0.25, 0.3) is 5.56 Å². The number of rotatable bonds is 2. The van der Waals surface area contributed by atoms with Crippen LogP contribution in [-0.2, 0) is 4.74 Å². The van der Waals surface area contributed by atoms with Gasteiger partial charge in [0.1, 0.15) is 10.6 Å². The first-order chi connectivity index (χ1) is 11.7. The summed E-state index contributed by atoms with van der Waals surface area (Å²) in [6.07, 6.45) is 1.34. The topological polar surface area (TPSA) is 81.8 Å². The summed E-state index contributed by atoms with van der Waals surface area (Å²) in [6.45, 7) is 10.2. The van der Waals surface area contributed by atoms with Gasteiger partial charge in [-0.3, -0.25) is 9.69 Å². The highest BCUT2D eigenvalue weighted by atomic mass is 35.5. The van der Waals surface area contributed by atoms with E-state index in [-0.39, 0.29) is 16.7 Å². The molecule has 2 saturated heterocycles. The van der Waals surface area contributed by atoms with E-state index in [0.29, 0.717) is 24.8 Å². The highest BCUT2D eigenvalue weighted by Gasteiger charge is 2.36. The lowest BCUT2D eigenvalue weighted by atomic mass is 10.1. The van der Waals surface area contributed by atoms with E-state index < -0.39 is 5.60 Å². The maximum Gasteiger partial charge on any atom is 0.410 e. The van der Waals surface area contributed by atoms with Crippen molar-refractivity contribution in [2.75, 3.05) is 44.2 Å². The molecule has 0 spiro atoms. The molecule has 8 nitrogen and oxygen atoms in total. The van der Waals surface area contributed by atoms with Gasteiger partial charge in [0.15, 0.2) is 0 Å². The molecule has 3 heterocycles. The number of nitrogens with zero attached hydrogens (tertiary/aromatic N) is 4. The average Bonchev–Trinajstić information content (AvgIpc) is 2.49. The summed E-state index contributed by atoms with van der Waals surface area (Å²) in [5.41, 5.74) is -0.161. The van der Waals surface area contributed by atoms with Crippen LogP contribution in [0.25, 0.3) is 0 Å². The second kappa shape index (κ2) is 6.84. The molecule has 2 fully saturated rings. The zero-order valence-electron chi connectivity index (χ0n) is 14.8. The molecule has 1 N–H and O–H groups in total. The van der Waals surface area contributed by atoms with Crippen molar-refractivity contribution in [1.29, 1.82) is 0 Å². The number of carbonyl (C=O) groups excluding carboxylic acids is 1. The minimum Gasteiger partial charge on any atom is -0.444 e. The third-order valence-corrected chi connectivity index (χ3v) is 4.83. The summed E-state index contributed by atoms with van der Waals surface area (Å²) in [4.78, 5) is 29.8. The summed E-state index contributed by atoms with van der Waals surface area (Å²) in [5, 5.41) is 6.32. The van der Waals surface area contributed by atoms with Crippen LogP contribution in [0.5, 0.6) is 0 Å². The average molecular weight is 370 g/mol. The molecule has 1 amide bonds. The number of aromatic nitrogens is 2. The molecule has 0 bridgehead atoms. The van der Waals surface area contributed by atoms with Gasteiger partial charge in [0, 0.05) is 45.3 Å². The first-order valence-corrected chi connectivity index (χ1v) is 8.82. The molecule has 3 rings (SSSR count). The molecule has 0 atom stereocenters. The second-order valence-electron chi connectivity index (χ2n) is 7.46. The maximum absolute atomic E-state index is 12.1. The van der Waals surface area contributed by atoms with E-state index in [0.717, 1.165) is 26.2 Å². The molecule has 0 unspecified atom stereocenters. The van der Waals surface area contributed by atoms with E-state index in [4.69, 9.17) is 16.3 Å². The van der Waals surface area contributed by atoms with Gasteiger partial charge in [-0.1, -0.05) is 11.6 Å². The van der Waals surface area contributed by atoms with Gasteiger partial charge in [-0.25, -0.2) is 9.89 Å². The summed E-state index contributed by atoms with van der Waals surface area (Å²) in [5.74, 6) is 0. The first-order valence-electron chi connectivity index (χ1n) is 8.45. The summed E-state index contributed by atoms with van der Waals surface area (Å²) in [6, 6.07) is 0.399. The summed E-state index contributed by atoms with van der Waals surface area (Å²) in [7, 11) is 0. The molecule has 25 heavy (non-hydrogen) atoms. The van der Waals surface area contributed by atoms with E-state index in [9.17, 15) is 9.59 Å². The number of anilines is 1. The summed E-state index contributed by atoms with van der Waals surface area (Å²) < 4.78 is 5.42. The Morgan fingerprint density at radius 3 is 2.52 bits per heavy atom. The second-order valence-corrected chi connectivity index (χ2v) is 7.84. The van der Waals surface area contributed by atoms with Gasteiger partial charge >= 0.3 is 6.09 Å². The highest BCUT2D eigenvalue weighted by molar-refractivity contribution is 6.33. The number of H-pyrrole nitrogens is 1. The van der Waals surface area contributed by atoms with Crippen LogP contribution in [0.4, 0.5) is 10.5 Å². The Morgan fingerprint density at radius 2 is 1.92 bits per heavy atom. The molecule has 0 radical (unpaired) electrons. The molecule has 138 valence electrons. The Morgan fingerprint density at radius 1 is 1.28 bits per heavy atom. The molecule has 2 aliphatic heterocycles. The van der Waals surface area contributed by atoms with Gasteiger partial charge in [0.2, 0.25) is 0 Å². The Bertz CT molecular complexity index is 688. The smallest absolute Gasteiger partial charge is 0.410 e. The van der Waals surface area contributed by atoms with Crippen LogP contribution in [0.1, 0.15) is 20.8 Å². The number of ether oxygens (including phenoxy) is 1. The number of amides is 1. The van der Waals surface area contributed by atoms with E-state index in [1.165, 1.54) is 0 Å². The monoisotopic (exact) mass is 369 g/mol. The lowest BCUT2D eigenvalue weighted by molar-refractivity contribution is 0.00876. The fraction of sp³-hybridized carbons (Fsp3) is 0.688. The van der Waals surface area contributed by atoms with Crippen LogP contribution < -0.4 is 10.5 Å². The molecule has 2 aliphatic rings. The minimum atomic E-state index is -0.469. The van der Waals surface area contributed by atoms with Gasteiger partial charge in [-0.15, -0.1) is 0 Å². The Balaban J connectivity index is 1.48. The standard InChI is InChI=1S/C16H24ClN5O3/c1-16(2,3)25-15(24)21-6-4-20(5-7-21)11-9-22(10-11)12-8-18-19-14(23)13(12)17/h8,11H,4-7,9-10H2,1-3H3,(H,19,23). The number of hydrogen-bond acceptors (Lipinski definition) is 6. The number of aromatic amines is 1. The van der Waals surface area contributed by atoms with E-state index in [1.807, 2.05) is 20.8 Å². The number of piperazine rings is 1. The molecular weight excluding hydrogens is 346 g/mol. The van der Waals surface area contributed by atoms with Gasteiger partial charge in [-0.05, 0) is 20.8 Å². The van der Waals surface area contributed by atoms with Gasteiger partial charge < -0.3 is 14.5 Å². The maximum atomic E-state index is 12.1. The van der Waals surface area contributed by atoms with E-state index in [1.54, 1.807) is 11.1 Å². The Kier molecular flexibility index (Phi) is 4.92.